The largest absolute Gasteiger partial charge is 0.504 e. The minimum atomic E-state index is -0.534. The molecule has 0 spiro atoms. The lowest BCUT2D eigenvalue weighted by atomic mass is 10.1. The average molecular weight is 408 g/mol. The van der Waals surface area contributed by atoms with Crippen molar-refractivity contribution < 1.29 is 24.1 Å². The number of rotatable bonds is 7. The van der Waals surface area contributed by atoms with E-state index in [0.717, 1.165) is 0 Å². The molecule has 1 amide bonds. The zero-order chi connectivity index (χ0) is 21.5. The van der Waals surface area contributed by atoms with Gasteiger partial charge in [0.25, 0.3) is 5.91 Å². The van der Waals surface area contributed by atoms with Crippen LogP contribution in [0.1, 0.15) is 16.1 Å². The number of nitrogens with one attached hydrogen (secondary N) is 1. The molecule has 3 aromatic rings. The van der Waals surface area contributed by atoms with Gasteiger partial charge < -0.3 is 19.3 Å². The van der Waals surface area contributed by atoms with Crippen LogP contribution in [0.3, 0.4) is 0 Å². The summed E-state index contributed by atoms with van der Waals surface area (Å²) in [5, 5.41) is 13.9. The second-order valence-corrected chi connectivity index (χ2v) is 6.02. The number of nitrogens with zero attached hydrogens (tertiary/aromatic N) is 3. The molecule has 30 heavy (non-hydrogen) atoms. The number of carbonyl (C=O) groups is 1. The first kappa shape index (κ1) is 20.6. The topological polar surface area (TPSA) is 115 Å². The van der Waals surface area contributed by atoms with Crippen LogP contribution in [0.15, 0.2) is 53.9 Å². The van der Waals surface area contributed by atoms with Gasteiger partial charge >= 0.3 is 0 Å². The number of phenols is 1. The molecule has 9 heteroatoms. The van der Waals surface area contributed by atoms with E-state index in [1.165, 1.54) is 31.8 Å². The predicted octanol–water partition coefficient (Wildman–Crippen LogP) is 2.64. The fourth-order valence-corrected chi connectivity index (χ4v) is 2.59. The molecular weight excluding hydrogens is 388 g/mol. The maximum Gasteiger partial charge on any atom is 0.291 e. The van der Waals surface area contributed by atoms with Crippen LogP contribution in [-0.4, -0.2) is 48.5 Å². The lowest BCUT2D eigenvalue weighted by Crippen LogP contribution is -2.19. The van der Waals surface area contributed by atoms with Crippen molar-refractivity contribution in [2.75, 3.05) is 21.3 Å². The van der Waals surface area contributed by atoms with Crippen LogP contribution in [0.25, 0.3) is 11.3 Å². The summed E-state index contributed by atoms with van der Waals surface area (Å²) in [7, 11) is 4.55. The monoisotopic (exact) mass is 408 g/mol. The van der Waals surface area contributed by atoms with E-state index in [0.29, 0.717) is 34.1 Å². The van der Waals surface area contributed by atoms with Crippen LogP contribution < -0.4 is 19.6 Å². The fourth-order valence-electron chi connectivity index (χ4n) is 2.59. The predicted molar refractivity (Wildman–Crippen MR) is 110 cm³/mol. The normalized spacial score (nSPS) is 10.6. The number of aromatic hydroxyl groups is 1. The molecule has 2 N–H and O–H groups in total. The van der Waals surface area contributed by atoms with E-state index in [9.17, 15) is 9.90 Å². The number of benzene rings is 2. The molecule has 3 rings (SSSR count). The van der Waals surface area contributed by atoms with Crippen molar-refractivity contribution in [1.82, 2.24) is 15.4 Å². The molecule has 1 heterocycles. The number of aromatic nitrogens is 2. The number of hydrogen-bond acceptors (Lipinski definition) is 8. The molecule has 0 aliphatic heterocycles. The van der Waals surface area contributed by atoms with Crippen LogP contribution in [0.2, 0.25) is 0 Å². The van der Waals surface area contributed by atoms with E-state index >= 15 is 0 Å². The van der Waals surface area contributed by atoms with Gasteiger partial charge in [-0.3, -0.25) is 9.78 Å². The Hall–Kier alpha value is -4.14. The second-order valence-electron chi connectivity index (χ2n) is 6.02. The summed E-state index contributed by atoms with van der Waals surface area (Å²) in [5.41, 5.74) is 4.16. The lowest BCUT2D eigenvalue weighted by Gasteiger charge is -2.07. The Bertz CT molecular complexity index is 1060. The standard InChI is InChI=1S/C21H20N4O5/c1-28-15-6-13(7-16(9-15)29-2)10-23-25-21(27)18-12-22-11-17(24-18)14-4-5-20(30-3)19(26)8-14/h4-12,26H,1-3H3,(H,25,27)/b23-10+. The summed E-state index contributed by atoms with van der Waals surface area (Å²) in [6, 6.07) is 10.0. The molecule has 1 aromatic heterocycles. The molecule has 0 fully saturated rings. The smallest absolute Gasteiger partial charge is 0.291 e. The number of carbonyl (C=O) groups excluding carboxylic acids is 1. The van der Waals surface area contributed by atoms with Crippen molar-refractivity contribution in [3.63, 3.8) is 0 Å². The minimum absolute atomic E-state index is 0.0371. The number of ether oxygens (including phenoxy) is 3. The van der Waals surface area contributed by atoms with Gasteiger partial charge in [0.2, 0.25) is 0 Å². The highest BCUT2D eigenvalue weighted by atomic mass is 16.5. The van der Waals surface area contributed by atoms with Crippen LogP contribution >= 0.6 is 0 Å². The Morgan fingerprint density at radius 3 is 2.40 bits per heavy atom. The molecular formula is C21H20N4O5. The summed E-state index contributed by atoms with van der Waals surface area (Å²) in [6.07, 6.45) is 4.28. The zero-order valence-electron chi connectivity index (χ0n) is 16.6. The first-order chi connectivity index (χ1) is 14.5. The number of phenolic OH excluding ortho intramolecular Hbond substituents is 1. The number of hydrazone groups is 1. The Morgan fingerprint density at radius 2 is 1.77 bits per heavy atom. The Labute approximate surface area is 173 Å². The SMILES string of the molecule is COc1cc(/C=N/NC(=O)c2cncc(-c3ccc(OC)c(O)c3)n2)cc(OC)c1. The van der Waals surface area contributed by atoms with E-state index in [-0.39, 0.29) is 11.4 Å². The maximum atomic E-state index is 12.4. The van der Waals surface area contributed by atoms with Crippen LogP contribution in [0, 0.1) is 0 Å². The molecule has 154 valence electrons. The molecule has 0 unspecified atom stereocenters. The summed E-state index contributed by atoms with van der Waals surface area (Å²) < 4.78 is 15.4. The highest BCUT2D eigenvalue weighted by molar-refractivity contribution is 5.93. The van der Waals surface area contributed by atoms with Gasteiger partial charge in [-0.25, -0.2) is 10.4 Å². The summed E-state index contributed by atoms with van der Waals surface area (Å²) >= 11 is 0. The van der Waals surface area contributed by atoms with Crippen LogP contribution in [-0.2, 0) is 0 Å². The third kappa shape index (κ3) is 4.82. The van der Waals surface area contributed by atoms with Crippen molar-refractivity contribution in [2.24, 2.45) is 5.10 Å². The van der Waals surface area contributed by atoms with Crippen molar-refractivity contribution in [3.05, 3.63) is 60.0 Å². The Balaban J connectivity index is 1.74. The van der Waals surface area contributed by atoms with Crippen molar-refractivity contribution in [1.29, 1.82) is 0 Å². The fraction of sp³-hybridized carbons (Fsp3) is 0.143. The minimum Gasteiger partial charge on any atom is -0.504 e. The van der Waals surface area contributed by atoms with Gasteiger partial charge in [0.05, 0.1) is 45.6 Å². The summed E-state index contributed by atoms with van der Waals surface area (Å²) in [5.74, 6) is 0.967. The average Bonchev–Trinajstić information content (AvgIpc) is 2.78. The molecule has 0 aliphatic carbocycles. The highest BCUT2D eigenvalue weighted by Gasteiger charge is 2.11. The highest BCUT2D eigenvalue weighted by Crippen LogP contribution is 2.30. The van der Waals surface area contributed by atoms with Crippen molar-refractivity contribution >= 4 is 12.1 Å². The molecule has 0 radical (unpaired) electrons. The van der Waals surface area contributed by atoms with Crippen LogP contribution in [0.4, 0.5) is 0 Å². The molecule has 2 aromatic carbocycles. The molecule has 0 aliphatic rings. The molecule has 9 nitrogen and oxygen atoms in total. The Morgan fingerprint density at radius 1 is 1.03 bits per heavy atom. The van der Waals surface area contributed by atoms with Crippen molar-refractivity contribution in [3.8, 4) is 34.3 Å². The quantitative estimate of drug-likeness (QED) is 0.456. The van der Waals surface area contributed by atoms with Gasteiger partial charge in [-0.2, -0.15) is 5.10 Å². The third-order valence-electron chi connectivity index (χ3n) is 4.10. The van der Waals surface area contributed by atoms with Gasteiger partial charge in [-0.15, -0.1) is 0 Å². The lowest BCUT2D eigenvalue weighted by molar-refractivity contribution is 0.0950. The number of methoxy groups -OCH3 is 3. The van der Waals surface area contributed by atoms with E-state index < -0.39 is 5.91 Å². The first-order valence-corrected chi connectivity index (χ1v) is 8.80. The molecule has 0 saturated heterocycles. The number of hydrogen-bond donors (Lipinski definition) is 2. The van der Waals surface area contributed by atoms with E-state index in [2.05, 4.69) is 20.5 Å². The third-order valence-corrected chi connectivity index (χ3v) is 4.10. The second kappa shape index (κ2) is 9.37. The molecule has 0 atom stereocenters. The van der Waals surface area contributed by atoms with E-state index in [1.54, 1.807) is 44.6 Å². The van der Waals surface area contributed by atoms with E-state index in [1.807, 2.05) is 0 Å². The van der Waals surface area contributed by atoms with E-state index in [4.69, 9.17) is 14.2 Å². The van der Waals surface area contributed by atoms with Gasteiger partial charge in [-0.05, 0) is 30.3 Å². The van der Waals surface area contributed by atoms with Gasteiger partial charge in [0.1, 0.15) is 17.2 Å². The van der Waals surface area contributed by atoms with Gasteiger partial charge in [0.15, 0.2) is 11.5 Å². The van der Waals surface area contributed by atoms with Crippen molar-refractivity contribution in [2.45, 2.75) is 0 Å². The number of amides is 1. The zero-order valence-corrected chi connectivity index (χ0v) is 16.6. The Kier molecular flexibility index (Phi) is 6.43. The van der Waals surface area contributed by atoms with Gasteiger partial charge in [-0.1, -0.05) is 0 Å². The maximum absolute atomic E-state index is 12.4. The first-order valence-electron chi connectivity index (χ1n) is 8.80. The molecule has 0 saturated carbocycles. The summed E-state index contributed by atoms with van der Waals surface area (Å²) in [6.45, 7) is 0. The summed E-state index contributed by atoms with van der Waals surface area (Å²) in [4.78, 5) is 20.7. The van der Waals surface area contributed by atoms with Crippen LogP contribution in [0.5, 0.6) is 23.0 Å². The van der Waals surface area contributed by atoms with Gasteiger partial charge in [0, 0.05) is 17.2 Å². The molecule has 0 bridgehead atoms.